The molecule has 0 unspecified atom stereocenters. The van der Waals surface area contributed by atoms with Gasteiger partial charge in [-0.15, -0.1) is 0 Å². The van der Waals surface area contributed by atoms with Crippen LogP contribution in [-0.4, -0.2) is 6.61 Å². The van der Waals surface area contributed by atoms with Gasteiger partial charge in [0.2, 0.25) is 0 Å². The van der Waals surface area contributed by atoms with Gasteiger partial charge in [-0.3, -0.25) is 0 Å². The average molecular weight is 453 g/mol. The highest BCUT2D eigenvalue weighted by atomic mass is 19.2. The van der Waals surface area contributed by atoms with Crippen molar-refractivity contribution in [2.75, 3.05) is 6.61 Å². The molecule has 0 aromatic heterocycles. The minimum Gasteiger partial charge on any atom is -0.491 e. The average Bonchev–Trinajstić information content (AvgIpc) is 2.82. The molecule has 0 amide bonds. The molecule has 0 atom stereocenters. The van der Waals surface area contributed by atoms with E-state index in [0.29, 0.717) is 36.5 Å². The zero-order valence-electron chi connectivity index (χ0n) is 19.3. The fraction of sp³-hybridized carbons (Fsp3) is 0.379. The Labute approximate surface area is 194 Å². The monoisotopic (exact) mass is 452 g/mol. The second-order valence-corrected chi connectivity index (χ2v) is 9.17. The summed E-state index contributed by atoms with van der Waals surface area (Å²) in [7, 11) is 0. The molecule has 0 bridgehead atoms. The first kappa shape index (κ1) is 23.4. The summed E-state index contributed by atoms with van der Waals surface area (Å²) in [6.45, 7) is 4.45. The quantitative estimate of drug-likeness (QED) is 0.351. The molecular weight excluding hydrogens is 421 g/mol. The first-order valence-corrected chi connectivity index (χ1v) is 11.9. The highest BCUT2D eigenvalue weighted by Crippen LogP contribution is 2.37. The van der Waals surface area contributed by atoms with Crippen molar-refractivity contribution in [1.29, 1.82) is 0 Å². The van der Waals surface area contributed by atoms with E-state index in [1.165, 1.54) is 6.07 Å². The van der Waals surface area contributed by atoms with E-state index < -0.39 is 11.6 Å². The predicted molar refractivity (Wildman–Crippen MR) is 127 cm³/mol. The summed E-state index contributed by atoms with van der Waals surface area (Å²) >= 11 is 0. The minimum atomic E-state index is -0.701. The van der Waals surface area contributed by atoms with E-state index in [9.17, 15) is 13.2 Å². The van der Waals surface area contributed by atoms with Crippen LogP contribution in [0.2, 0.25) is 0 Å². The zero-order chi connectivity index (χ0) is 23.4. The lowest BCUT2D eigenvalue weighted by atomic mass is 9.79. The highest BCUT2D eigenvalue weighted by Gasteiger charge is 2.24. The van der Waals surface area contributed by atoms with Crippen molar-refractivity contribution in [3.63, 3.8) is 0 Å². The second-order valence-electron chi connectivity index (χ2n) is 9.17. The van der Waals surface area contributed by atoms with Gasteiger partial charge in [-0.05, 0) is 84.4 Å². The van der Waals surface area contributed by atoms with E-state index in [1.807, 2.05) is 37.3 Å². The minimum absolute atomic E-state index is 0.129. The van der Waals surface area contributed by atoms with Gasteiger partial charge in [0.05, 0.1) is 6.61 Å². The van der Waals surface area contributed by atoms with Crippen LogP contribution in [0.3, 0.4) is 0 Å². The molecule has 33 heavy (non-hydrogen) atoms. The number of hydrogen-bond donors (Lipinski definition) is 0. The van der Waals surface area contributed by atoms with Gasteiger partial charge in [0, 0.05) is 0 Å². The van der Waals surface area contributed by atoms with E-state index in [0.717, 1.165) is 42.4 Å². The standard InChI is InChI=1S/C29H31F3O/c1-3-33-27-17-15-24(18-26(27)30)21-11-6-20(7-12-21)8-13-23-14-16-25(29(32)28(23)31)22-9-4-19(2)5-10-22/h6-7,11-12,14-19,22H,3-5,8-10,13H2,1-2H3. The van der Waals surface area contributed by atoms with Crippen LogP contribution in [0.25, 0.3) is 11.1 Å². The van der Waals surface area contributed by atoms with Crippen molar-refractivity contribution in [1.82, 2.24) is 0 Å². The molecule has 1 fully saturated rings. The molecular formula is C29H31F3O. The van der Waals surface area contributed by atoms with Crippen LogP contribution in [0, 0.1) is 23.4 Å². The van der Waals surface area contributed by atoms with Gasteiger partial charge in [0.1, 0.15) is 0 Å². The third-order valence-corrected chi connectivity index (χ3v) is 6.85. The van der Waals surface area contributed by atoms with Gasteiger partial charge in [-0.25, -0.2) is 13.2 Å². The molecule has 0 N–H and O–H groups in total. The van der Waals surface area contributed by atoms with Gasteiger partial charge in [0.15, 0.2) is 23.2 Å². The third kappa shape index (κ3) is 5.43. The molecule has 0 radical (unpaired) electrons. The molecule has 174 valence electrons. The smallest absolute Gasteiger partial charge is 0.165 e. The normalized spacial score (nSPS) is 18.3. The van der Waals surface area contributed by atoms with Crippen LogP contribution in [0.1, 0.15) is 62.1 Å². The van der Waals surface area contributed by atoms with E-state index in [-0.39, 0.29) is 17.5 Å². The van der Waals surface area contributed by atoms with Crippen molar-refractivity contribution in [3.8, 4) is 16.9 Å². The van der Waals surface area contributed by atoms with Crippen molar-refractivity contribution in [2.24, 2.45) is 5.92 Å². The molecule has 0 heterocycles. The number of halogens is 3. The lowest BCUT2D eigenvalue weighted by Gasteiger charge is -2.27. The van der Waals surface area contributed by atoms with Gasteiger partial charge in [-0.2, -0.15) is 0 Å². The fourth-order valence-electron chi connectivity index (χ4n) is 4.78. The highest BCUT2D eigenvalue weighted by molar-refractivity contribution is 5.64. The van der Waals surface area contributed by atoms with Crippen LogP contribution in [-0.2, 0) is 12.8 Å². The Hall–Kier alpha value is -2.75. The number of benzene rings is 3. The van der Waals surface area contributed by atoms with Crippen LogP contribution in [0.15, 0.2) is 54.6 Å². The van der Waals surface area contributed by atoms with Crippen LogP contribution >= 0.6 is 0 Å². The summed E-state index contributed by atoms with van der Waals surface area (Å²) in [4.78, 5) is 0. The first-order valence-electron chi connectivity index (χ1n) is 11.9. The lowest BCUT2D eigenvalue weighted by Crippen LogP contribution is -2.13. The van der Waals surface area contributed by atoms with E-state index in [1.54, 1.807) is 18.2 Å². The Morgan fingerprint density at radius 2 is 1.48 bits per heavy atom. The molecule has 0 saturated heterocycles. The second kappa shape index (κ2) is 10.5. The molecule has 1 aliphatic rings. The molecule has 1 nitrogen and oxygen atoms in total. The Morgan fingerprint density at radius 3 is 2.15 bits per heavy atom. The molecule has 4 rings (SSSR count). The van der Waals surface area contributed by atoms with E-state index >= 15 is 0 Å². The number of ether oxygens (including phenoxy) is 1. The van der Waals surface area contributed by atoms with Gasteiger partial charge >= 0.3 is 0 Å². The van der Waals surface area contributed by atoms with E-state index in [4.69, 9.17) is 4.74 Å². The SMILES string of the molecule is CCOc1ccc(-c2ccc(CCc3ccc(C4CCC(C)CC4)c(F)c3F)cc2)cc1F. The molecule has 3 aromatic carbocycles. The Balaban J connectivity index is 1.41. The summed E-state index contributed by atoms with van der Waals surface area (Å²) in [6.07, 6.45) is 5.05. The third-order valence-electron chi connectivity index (χ3n) is 6.85. The molecule has 0 aliphatic heterocycles. The largest absolute Gasteiger partial charge is 0.491 e. The van der Waals surface area contributed by atoms with Crippen LogP contribution in [0.4, 0.5) is 13.2 Å². The summed E-state index contributed by atoms with van der Waals surface area (Å²) in [5, 5.41) is 0. The van der Waals surface area contributed by atoms with Crippen molar-refractivity contribution >= 4 is 0 Å². The van der Waals surface area contributed by atoms with Crippen LogP contribution < -0.4 is 4.74 Å². The van der Waals surface area contributed by atoms with Gasteiger partial charge in [0.25, 0.3) is 0 Å². The predicted octanol–water partition coefficient (Wildman–Crippen LogP) is 8.25. The summed E-state index contributed by atoms with van der Waals surface area (Å²) in [5.41, 5.74) is 3.64. The van der Waals surface area contributed by atoms with Crippen molar-refractivity contribution in [2.45, 2.75) is 58.3 Å². The topological polar surface area (TPSA) is 9.23 Å². The molecule has 3 aromatic rings. The summed E-state index contributed by atoms with van der Waals surface area (Å²) in [5.74, 6) is -0.705. The first-order chi connectivity index (χ1) is 16.0. The lowest BCUT2D eigenvalue weighted by molar-refractivity contribution is 0.321. The molecule has 1 aliphatic carbocycles. The summed E-state index contributed by atoms with van der Waals surface area (Å²) in [6, 6.07) is 16.2. The Bertz CT molecular complexity index is 1080. The number of hydrogen-bond acceptors (Lipinski definition) is 1. The maximum atomic E-state index is 14.8. The van der Waals surface area contributed by atoms with Crippen LogP contribution in [0.5, 0.6) is 5.75 Å². The molecule has 4 heteroatoms. The summed E-state index contributed by atoms with van der Waals surface area (Å²) < 4.78 is 49.0. The molecule has 0 spiro atoms. The fourth-order valence-corrected chi connectivity index (χ4v) is 4.78. The maximum absolute atomic E-state index is 14.8. The van der Waals surface area contributed by atoms with Crippen molar-refractivity contribution in [3.05, 3.63) is 88.7 Å². The van der Waals surface area contributed by atoms with E-state index in [2.05, 4.69) is 6.92 Å². The zero-order valence-corrected chi connectivity index (χ0v) is 19.3. The van der Waals surface area contributed by atoms with Gasteiger partial charge < -0.3 is 4.74 Å². The maximum Gasteiger partial charge on any atom is 0.165 e. The Morgan fingerprint density at radius 1 is 0.788 bits per heavy atom. The van der Waals surface area contributed by atoms with Gasteiger partial charge in [-0.1, -0.05) is 62.2 Å². The number of rotatable bonds is 7. The Kier molecular flexibility index (Phi) is 7.42. The number of aryl methyl sites for hydroxylation is 2. The van der Waals surface area contributed by atoms with Crippen molar-refractivity contribution < 1.29 is 17.9 Å². The molecule has 1 saturated carbocycles.